The number of aromatic nitrogens is 2. The van der Waals surface area contributed by atoms with E-state index in [1.807, 2.05) is 38.4 Å². The Hall–Kier alpha value is -2.55. The van der Waals surface area contributed by atoms with E-state index in [4.69, 9.17) is 20.8 Å². The van der Waals surface area contributed by atoms with Gasteiger partial charge in [-0.15, -0.1) is 10.2 Å². The van der Waals surface area contributed by atoms with Gasteiger partial charge in [-0.25, -0.2) is 0 Å². The van der Waals surface area contributed by atoms with Crippen molar-refractivity contribution >= 4 is 29.3 Å². The number of rotatable bonds is 9. The predicted molar refractivity (Wildman–Crippen MR) is 118 cm³/mol. The van der Waals surface area contributed by atoms with Crippen LogP contribution in [0.1, 0.15) is 11.6 Å². The average Bonchev–Trinajstić information content (AvgIpc) is 3.22. The first-order valence-corrected chi connectivity index (χ1v) is 10.6. The van der Waals surface area contributed by atoms with Crippen LogP contribution < -0.4 is 10.1 Å². The Bertz CT molecular complexity index is 978. The molecule has 1 aromatic heterocycles. The Balaban J connectivity index is 1.53. The smallest absolute Gasteiger partial charge is 0.277 e. The molecule has 3 rings (SSSR count). The number of benzene rings is 2. The second-order valence-electron chi connectivity index (χ2n) is 6.73. The van der Waals surface area contributed by atoms with E-state index in [0.717, 1.165) is 16.9 Å². The normalized spacial score (nSPS) is 12.0. The molecule has 2 aromatic carbocycles. The van der Waals surface area contributed by atoms with Crippen LogP contribution in [0.5, 0.6) is 5.75 Å². The molecule has 9 heteroatoms. The zero-order chi connectivity index (χ0) is 21.5. The van der Waals surface area contributed by atoms with Gasteiger partial charge in [0.05, 0.1) is 18.9 Å². The fraction of sp³-hybridized carbons (Fsp3) is 0.286. The quantitative estimate of drug-likeness (QED) is 0.499. The summed E-state index contributed by atoms with van der Waals surface area (Å²) in [4.78, 5) is 14.4. The van der Waals surface area contributed by atoms with Crippen molar-refractivity contribution in [1.29, 1.82) is 0 Å². The highest BCUT2D eigenvalue weighted by molar-refractivity contribution is 7.99. The summed E-state index contributed by atoms with van der Waals surface area (Å²) in [5.41, 5.74) is 1.84. The van der Waals surface area contributed by atoms with Crippen LogP contribution >= 0.6 is 23.4 Å². The first kappa shape index (κ1) is 22.1. The molecule has 0 fully saturated rings. The van der Waals surface area contributed by atoms with Gasteiger partial charge in [0.2, 0.25) is 11.8 Å². The molecule has 0 bridgehead atoms. The SMILES string of the molecule is COc1cccc(C(CNC(=O)CSc2nnc(-c3ccc(Cl)cc3)o2)N(C)C)c1. The minimum absolute atomic E-state index is 0.0222. The van der Waals surface area contributed by atoms with Crippen molar-refractivity contribution in [2.45, 2.75) is 11.3 Å². The van der Waals surface area contributed by atoms with Crippen molar-refractivity contribution in [3.63, 3.8) is 0 Å². The van der Waals surface area contributed by atoms with Gasteiger partial charge < -0.3 is 19.4 Å². The highest BCUT2D eigenvalue weighted by Gasteiger charge is 2.17. The summed E-state index contributed by atoms with van der Waals surface area (Å²) < 4.78 is 10.9. The molecular formula is C21H23ClN4O3S. The zero-order valence-corrected chi connectivity index (χ0v) is 18.5. The van der Waals surface area contributed by atoms with Crippen molar-refractivity contribution < 1.29 is 13.9 Å². The third-order valence-corrected chi connectivity index (χ3v) is 5.49. The van der Waals surface area contributed by atoms with Crippen molar-refractivity contribution in [2.75, 3.05) is 33.5 Å². The van der Waals surface area contributed by atoms with Gasteiger partial charge in [0.1, 0.15) is 5.75 Å². The lowest BCUT2D eigenvalue weighted by Crippen LogP contribution is -2.35. The van der Waals surface area contributed by atoms with Gasteiger partial charge in [-0.05, 0) is 56.1 Å². The second-order valence-corrected chi connectivity index (χ2v) is 8.09. The van der Waals surface area contributed by atoms with Gasteiger partial charge >= 0.3 is 0 Å². The third-order valence-electron chi connectivity index (χ3n) is 4.42. The molecule has 0 radical (unpaired) electrons. The molecule has 3 aromatic rings. The molecule has 0 aliphatic carbocycles. The summed E-state index contributed by atoms with van der Waals surface area (Å²) in [6.45, 7) is 0.472. The first-order chi connectivity index (χ1) is 14.5. The highest BCUT2D eigenvalue weighted by Crippen LogP contribution is 2.25. The summed E-state index contributed by atoms with van der Waals surface area (Å²) in [5, 5.41) is 11.9. The summed E-state index contributed by atoms with van der Waals surface area (Å²) in [5.74, 6) is 1.25. The minimum atomic E-state index is -0.110. The van der Waals surface area contributed by atoms with E-state index < -0.39 is 0 Å². The molecule has 0 saturated carbocycles. The molecule has 1 heterocycles. The molecule has 1 amide bonds. The van der Waals surface area contributed by atoms with Crippen LogP contribution in [0.15, 0.2) is 58.2 Å². The monoisotopic (exact) mass is 446 g/mol. The van der Waals surface area contributed by atoms with E-state index in [2.05, 4.69) is 20.4 Å². The lowest BCUT2D eigenvalue weighted by Gasteiger charge is -2.25. The van der Waals surface area contributed by atoms with E-state index in [1.165, 1.54) is 11.8 Å². The fourth-order valence-corrected chi connectivity index (χ4v) is 3.53. The Morgan fingerprint density at radius 3 is 2.70 bits per heavy atom. The van der Waals surface area contributed by atoms with E-state index in [0.29, 0.717) is 22.7 Å². The van der Waals surface area contributed by atoms with E-state index in [1.54, 1.807) is 31.4 Å². The van der Waals surface area contributed by atoms with Gasteiger partial charge in [0.15, 0.2) is 0 Å². The number of thioether (sulfide) groups is 1. The lowest BCUT2D eigenvalue weighted by atomic mass is 10.1. The molecule has 0 aliphatic heterocycles. The van der Waals surface area contributed by atoms with Crippen LogP contribution in [0.4, 0.5) is 0 Å². The average molecular weight is 447 g/mol. The number of amides is 1. The molecule has 0 saturated heterocycles. The molecule has 158 valence electrons. The minimum Gasteiger partial charge on any atom is -0.497 e. The summed E-state index contributed by atoms with van der Waals surface area (Å²) in [6, 6.07) is 15.0. The zero-order valence-electron chi connectivity index (χ0n) is 17.0. The van der Waals surface area contributed by atoms with Gasteiger partial charge in [0, 0.05) is 17.1 Å². The van der Waals surface area contributed by atoms with E-state index in [9.17, 15) is 4.79 Å². The van der Waals surface area contributed by atoms with Crippen LogP contribution in [-0.4, -0.2) is 54.5 Å². The van der Waals surface area contributed by atoms with Crippen molar-refractivity contribution in [1.82, 2.24) is 20.4 Å². The summed E-state index contributed by atoms with van der Waals surface area (Å²) >= 11 is 7.09. The van der Waals surface area contributed by atoms with Crippen LogP contribution in [0.3, 0.4) is 0 Å². The third kappa shape index (κ3) is 5.98. The number of nitrogens with one attached hydrogen (secondary N) is 1. The molecule has 1 N–H and O–H groups in total. The molecule has 30 heavy (non-hydrogen) atoms. The number of likely N-dealkylation sites (N-methyl/N-ethyl adjacent to an activating group) is 1. The number of methoxy groups -OCH3 is 1. The van der Waals surface area contributed by atoms with Gasteiger partial charge in [0.25, 0.3) is 5.22 Å². The Labute approximate surface area is 184 Å². The summed E-state index contributed by atoms with van der Waals surface area (Å²) in [7, 11) is 5.59. The van der Waals surface area contributed by atoms with Crippen LogP contribution in [0, 0.1) is 0 Å². The fourth-order valence-electron chi connectivity index (χ4n) is 2.81. The van der Waals surface area contributed by atoms with Crippen LogP contribution in [0.25, 0.3) is 11.5 Å². The van der Waals surface area contributed by atoms with Crippen LogP contribution in [-0.2, 0) is 4.79 Å². The topological polar surface area (TPSA) is 80.5 Å². The molecule has 1 atom stereocenters. The molecule has 7 nitrogen and oxygen atoms in total. The number of hydrogen-bond donors (Lipinski definition) is 1. The maximum atomic E-state index is 12.3. The Kier molecular flexibility index (Phi) is 7.73. The molecule has 0 aliphatic rings. The molecular weight excluding hydrogens is 424 g/mol. The Morgan fingerprint density at radius 1 is 1.23 bits per heavy atom. The number of ether oxygens (including phenoxy) is 1. The first-order valence-electron chi connectivity index (χ1n) is 9.25. The lowest BCUT2D eigenvalue weighted by molar-refractivity contribution is -0.118. The van der Waals surface area contributed by atoms with E-state index >= 15 is 0 Å². The van der Waals surface area contributed by atoms with Gasteiger partial charge in [-0.2, -0.15) is 0 Å². The number of nitrogens with zero attached hydrogens (tertiary/aromatic N) is 3. The number of hydrogen-bond acceptors (Lipinski definition) is 7. The van der Waals surface area contributed by atoms with Crippen molar-refractivity contribution in [3.05, 3.63) is 59.1 Å². The summed E-state index contributed by atoms with van der Waals surface area (Å²) in [6.07, 6.45) is 0. The maximum absolute atomic E-state index is 12.3. The Morgan fingerprint density at radius 2 is 2.00 bits per heavy atom. The number of carbonyl (C=O) groups excluding carboxylic acids is 1. The van der Waals surface area contributed by atoms with E-state index in [-0.39, 0.29) is 17.7 Å². The largest absolute Gasteiger partial charge is 0.497 e. The number of carbonyl (C=O) groups is 1. The number of halogens is 1. The van der Waals surface area contributed by atoms with Gasteiger partial charge in [-0.3, -0.25) is 4.79 Å². The maximum Gasteiger partial charge on any atom is 0.277 e. The van der Waals surface area contributed by atoms with Crippen molar-refractivity contribution in [2.24, 2.45) is 0 Å². The highest BCUT2D eigenvalue weighted by atomic mass is 35.5. The second kappa shape index (κ2) is 10.5. The molecule has 0 spiro atoms. The predicted octanol–water partition coefficient (Wildman–Crippen LogP) is 3.91. The standard InChI is InChI=1S/C21H23ClN4O3S/c1-26(2)18(15-5-4-6-17(11-15)28-3)12-23-19(27)13-30-21-25-24-20(29-21)14-7-9-16(22)10-8-14/h4-11,18H,12-13H2,1-3H3,(H,23,27). The van der Waals surface area contributed by atoms with Crippen LogP contribution in [0.2, 0.25) is 5.02 Å². The van der Waals surface area contributed by atoms with Crippen molar-refractivity contribution in [3.8, 4) is 17.2 Å². The molecule has 1 unspecified atom stereocenters. The van der Waals surface area contributed by atoms with Gasteiger partial charge in [-0.1, -0.05) is 35.5 Å².